The molecule has 0 aromatic heterocycles. The van der Waals surface area contributed by atoms with Gasteiger partial charge in [-0.2, -0.15) is 0 Å². The maximum Gasteiger partial charge on any atom is 0.163 e. The van der Waals surface area contributed by atoms with Gasteiger partial charge in [-0.15, -0.1) is 0 Å². The van der Waals surface area contributed by atoms with Crippen LogP contribution in [-0.2, 0) is 0 Å². The average molecular weight is 341 g/mol. The third-order valence-corrected chi connectivity index (χ3v) is 4.49. The molecule has 0 spiro atoms. The van der Waals surface area contributed by atoms with E-state index in [0.29, 0.717) is 25.3 Å². The number of benzene rings is 1. The summed E-state index contributed by atoms with van der Waals surface area (Å²) in [6, 6.07) is 5.08. The standard InChI is InChI=1S/C15H21BrN2O2/c1-10(7-11-3-2-4-17-11)18-13-9-15-14(8-12(13)16)19-5-6-20-15/h8-11,17-18H,2-7H2,1H3. The lowest BCUT2D eigenvalue weighted by Crippen LogP contribution is -2.29. The predicted molar refractivity (Wildman–Crippen MR) is 83.9 cm³/mol. The fraction of sp³-hybridized carbons (Fsp3) is 0.600. The highest BCUT2D eigenvalue weighted by molar-refractivity contribution is 9.10. The van der Waals surface area contributed by atoms with E-state index < -0.39 is 0 Å². The first-order chi connectivity index (χ1) is 9.72. The summed E-state index contributed by atoms with van der Waals surface area (Å²) in [7, 11) is 0. The normalized spacial score (nSPS) is 22.6. The summed E-state index contributed by atoms with van der Waals surface area (Å²) in [5.74, 6) is 1.65. The maximum atomic E-state index is 5.64. The quantitative estimate of drug-likeness (QED) is 0.883. The lowest BCUT2D eigenvalue weighted by atomic mass is 10.1. The number of halogens is 1. The molecule has 0 amide bonds. The average Bonchev–Trinajstić information content (AvgIpc) is 2.92. The topological polar surface area (TPSA) is 42.5 Å². The molecule has 2 heterocycles. The second-order valence-electron chi connectivity index (χ2n) is 5.55. The number of rotatable bonds is 4. The van der Waals surface area contributed by atoms with Crippen molar-refractivity contribution in [1.82, 2.24) is 5.32 Å². The van der Waals surface area contributed by atoms with E-state index in [1.807, 2.05) is 12.1 Å². The van der Waals surface area contributed by atoms with E-state index >= 15 is 0 Å². The van der Waals surface area contributed by atoms with E-state index in [9.17, 15) is 0 Å². The molecule has 20 heavy (non-hydrogen) atoms. The van der Waals surface area contributed by atoms with E-state index in [1.54, 1.807) is 0 Å². The van der Waals surface area contributed by atoms with E-state index in [-0.39, 0.29) is 0 Å². The van der Waals surface area contributed by atoms with Crippen LogP contribution in [0.2, 0.25) is 0 Å². The van der Waals surface area contributed by atoms with Crippen molar-refractivity contribution in [3.8, 4) is 11.5 Å². The van der Waals surface area contributed by atoms with Crippen molar-refractivity contribution in [3.63, 3.8) is 0 Å². The molecule has 2 unspecified atom stereocenters. The second-order valence-corrected chi connectivity index (χ2v) is 6.40. The lowest BCUT2D eigenvalue weighted by molar-refractivity contribution is 0.171. The predicted octanol–water partition coefficient (Wildman–Crippen LogP) is 3.16. The number of nitrogens with one attached hydrogen (secondary N) is 2. The number of hydrogen-bond acceptors (Lipinski definition) is 4. The van der Waals surface area contributed by atoms with Gasteiger partial charge in [-0.3, -0.25) is 0 Å². The molecule has 1 aromatic carbocycles. The first-order valence-electron chi connectivity index (χ1n) is 7.31. The Morgan fingerprint density at radius 2 is 2.10 bits per heavy atom. The molecule has 0 saturated carbocycles. The van der Waals surface area contributed by atoms with E-state index in [4.69, 9.17) is 9.47 Å². The molecule has 1 saturated heterocycles. The van der Waals surface area contributed by atoms with Crippen LogP contribution in [0.4, 0.5) is 5.69 Å². The summed E-state index contributed by atoms with van der Waals surface area (Å²) >= 11 is 3.60. The van der Waals surface area contributed by atoms with Gasteiger partial charge in [-0.1, -0.05) is 0 Å². The van der Waals surface area contributed by atoms with Gasteiger partial charge in [0.25, 0.3) is 0 Å². The zero-order chi connectivity index (χ0) is 13.9. The molecule has 3 rings (SSSR count). The molecule has 0 bridgehead atoms. The van der Waals surface area contributed by atoms with Gasteiger partial charge in [0.15, 0.2) is 11.5 Å². The molecule has 0 aliphatic carbocycles. The van der Waals surface area contributed by atoms with Crippen LogP contribution in [0.25, 0.3) is 0 Å². The van der Waals surface area contributed by atoms with Crippen LogP contribution in [0.5, 0.6) is 11.5 Å². The molecule has 2 aliphatic rings. The van der Waals surface area contributed by atoms with Crippen LogP contribution in [0.3, 0.4) is 0 Å². The van der Waals surface area contributed by atoms with Gasteiger partial charge in [0.05, 0.1) is 5.69 Å². The first kappa shape index (κ1) is 14.0. The molecule has 4 nitrogen and oxygen atoms in total. The summed E-state index contributed by atoms with van der Waals surface area (Å²) < 4.78 is 12.2. The second kappa shape index (κ2) is 6.22. The summed E-state index contributed by atoms with van der Waals surface area (Å²) in [5, 5.41) is 7.11. The number of fused-ring (bicyclic) bond motifs is 1. The van der Waals surface area contributed by atoms with Crippen molar-refractivity contribution in [2.75, 3.05) is 25.1 Å². The van der Waals surface area contributed by atoms with Gasteiger partial charge in [-0.05, 0) is 48.7 Å². The summed E-state index contributed by atoms with van der Waals surface area (Å²) in [5.41, 5.74) is 1.07. The van der Waals surface area contributed by atoms with Gasteiger partial charge < -0.3 is 20.1 Å². The van der Waals surface area contributed by atoms with Gasteiger partial charge in [0.2, 0.25) is 0 Å². The molecular weight excluding hydrogens is 320 g/mol. The van der Waals surface area contributed by atoms with Crippen molar-refractivity contribution in [2.24, 2.45) is 0 Å². The van der Waals surface area contributed by atoms with Crippen LogP contribution < -0.4 is 20.1 Å². The number of ether oxygens (including phenoxy) is 2. The molecule has 2 atom stereocenters. The third-order valence-electron chi connectivity index (χ3n) is 3.83. The molecule has 0 radical (unpaired) electrons. The van der Waals surface area contributed by atoms with Gasteiger partial charge >= 0.3 is 0 Å². The van der Waals surface area contributed by atoms with Crippen LogP contribution in [0, 0.1) is 0 Å². The third kappa shape index (κ3) is 3.20. The van der Waals surface area contributed by atoms with Crippen LogP contribution in [-0.4, -0.2) is 31.8 Å². The Morgan fingerprint density at radius 1 is 1.35 bits per heavy atom. The van der Waals surface area contributed by atoms with Crippen LogP contribution >= 0.6 is 15.9 Å². The zero-order valence-electron chi connectivity index (χ0n) is 11.7. The Hall–Kier alpha value is -0.940. The Morgan fingerprint density at radius 3 is 2.80 bits per heavy atom. The smallest absolute Gasteiger partial charge is 0.163 e. The van der Waals surface area contributed by atoms with Crippen LogP contribution in [0.1, 0.15) is 26.2 Å². The molecule has 1 aromatic rings. The van der Waals surface area contributed by atoms with E-state index in [0.717, 1.165) is 34.6 Å². The molecule has 5 heteroatoms. The highest BCUT2D eigenvalue weighted by Gasteiger charge is 2.19. The highest BCUT2D eigenvalue weighted by Crippen LogP contribution is 2.38. The monoisotopic (exact) mass is 340 g/mol. The van der Waals surface area contributed by atoms with E-state index in [2.05, 4.69) is 33.5 Å². The van der Waals surface area contributed by atoms with Crippen molar-refractivity contribution in [3.05, 3.63) is 16.6 Å². The lowest BCUT2D eigenvalue weighted by Gasteiger charge is -2.23. The Balaban J connectivity index is 1.66. The van der Waals surface area contributed by atoms with Gasteiger partial charge in [0, 0.05) is 28.7 Å². The number of hydrogen-bond donors (Lipinski definition) is 2. The van der Waals surface area contributed by atoms with Crippen molar-refractivity contribution in [1.29, 1.82) is 0 Å². The SMILES string of the molecule is CC(CC1CCCN1)Nc1cc2c(cc1Br)OCCO2. The van der Waals surface area contributed by atoms with Gasteiger partial charge in [-0.25, -0.2) is 0 Å². The maximum absolute atomic E-state index is 5.64. The molecule has 1 fully saturated rings. The Bertz CT molecular complexity index is 475. The molecule has 2 N–H and O–H groups in total. The van der Waals surface area contributed by atoms with E-state index in [1.165, 1.54) is 12.8 Å². The minimum atomic E-state index is 0.421. The van der Waals surface area contributed by atoms with Crippen molar-refractivity contribution < 1.29 is 9.47 Å². The fourth-order valence-electron chi connectivity index (χ4n) is 2.88. The van der Waals surface area contributed by atoms with Gasteiger partial charge in [0.1, 0.15) is 13.2 Å². The summed E-state index contributed by atoms with van der Waals surface area (Å²) in [6.07, 6.45) is 3.72. The largest absolute Gasteiger partial charge is 0.486 e. The fourth-order valence-corrected chi connectivity index (χ4v) is 3.32. The summed E-state index contributed by atoms with van der Waals surface area (Å²) in [6.45, 7) is 4.62. The van der Waals surface area contributed by atoms with Crippen molar-refractivity contribution >= 4 is 21.6 Å². The summed E-state index contributed by atoms with van der Waals surface area (Å²) in [4.78, 5) is 0. The van der Waals surface area contributed by atoms with Crippen LogP contribution in [0.15, 0.2) is 16.6 Å². The molecule has 2 aliphatic heterocycles. The zero-order valence-corrected chi connectivity index (χ0v) is 13.3. The van der Waals surface area contributed by atoms with Crippen molar-refractivity contribution in [2.45, 2.75) is 38.3 Å². The first-order valence-corrected chi connectivity index (χ1v) is 8.11. The number of anilines is 1. The Labute approximate surface area is 128 Å². The molecular formula is C15H21BrN2O2. The minimum Gasteiger partial charge on any atom is -0.486 e. The Kier molecular flexibility index (Phi) is 4.36. The highest BCUT2D eigenvalue weighted by atomic mass is 79.9. The molecule has 110 valence electrons. The minimum absolute atomic E-state index is 0.421.